The predicted molar refractivity (Wildman–Crippen MR) is 121 cm³/mol. The summed E-state index contributed by atoms with van der Waals surface area (Å²) in [4.78, 5) is 29.4. The molecule has 0 spiro atoms. The highest BCUT2D eigenvalue weighted by Crippen LogP contribution is 2.30. The molecule has 9 heteroatoms. The maximum atomic E-state index is 13.5. The molecule has 2 amide bonds. The highest BCUT2D eigenvalue weighted by molar-refractivity contribution is 5.90. The van der Waals surface area contributed by atoms with E-state index < -0.39 is 35.6 Å². The number of likely N-dealkylation sites (N-methyl/N-ethyl adjacent to an activating group) is 1. The summed E-state index contributed by atoms with van der Waals surface area (Å²) in [6.07, 6.45) is 2.21. The van der Waals surface area contributed by atoms with E-state index in [0.717, 1.165) is 23.8 Å². The number of hydrogen-bond donors (Lipinski definition) is 2. The topological polar surface area (TPSA) is 82.1 Å². The van der Waals surface area contributed by atoms with Gasteiger partial charge in [0.15, 0.2) is 0 Å². The van der Waals surface area contributed by atoms with Crippen LogP contribution in [-0.4, -0.2) is 65.6 Å². The fourth-order valence-electron chi connectivity index (χ4n) is 4.77. The number of benzene rings is 2. The number of likely N-dealkylation sites (tertiary alicyclic amines) is 1. The van der Waals surface area contributed by atoms with E-state index in [2.05, 4.69) is 0 Å². The van der Waals surface area contributed by atoms with Crippen LogP contribution in [0.5, 0.6) is 5.75 Å². The number of rotatable bonds is 5. The van der Waals surface area contributed by atoms with E-state index in [9.17, 15) is 23.6 Å². The van der Waals surface area contributed by atoms with Crippen LogP contribution < -0.4 is 10.2 Å². The monoisotopic (exact) mass is 471 g/mol. The molecule has 1 fully saturated rings. The molecule has 34 heavy (non-hydrogen) atoms. The minimum absolute atomic E-state index is 0.00144. The average molecular weight is 472 g/mol. The van der Waals surface area contributed by atoms with Gasteiger partial charge in [-0.05, 0) is 31.0 Å². The van der Waals surface area contributed by atoms with E-state index in [-0.39, 0.29) is 24.6 Å². The van der Waals surface area contributed by atoms with Gasteiger partial charge in [-0.1, -0.05) is 36.4 Å². The third-order valence-corrected chi connectivity index (χ3v) is 6.37. The summed E-state index contributed by atoms with van der Waals surface area (Å²) >= 11 is 0. The lowest BCUT2D eigenvalue weighted by Crippen LogP contribution is -2.60. The first-order valence-electron chi connectivity index (χ1n) is 11.2. The third-order valence-electron chi connectivity index (χ3n) is 6.37. The van der Waals surface area contributed by atoms with Gasteiger partial charge < -0.3 is 9.64 Å². The number of ether oxygens (including phenoxy) is 1. The van der Waals surface area contributed by atoms with E-state index in [1.165, 1.54) is 5.57 Å². The summed E-state index contributed by atoms with van der Waals surface area (Å²) in [7, 11) is 1.69. The molecule has 2 N–H and O–H groups in total. The van der Waals surface area contributed by atoms with E-state index >= 15 is 0 Å². The zero-order valence-corrected chi connectivity index (χ0v) is 18.8. The Morgan fingerprint density at radius 1 is 1.12 bits per heavy atom. The van der Waals surface area contributed by atoms with Crippen molar-refractivity contribution in [2.45, 2.75) is 25.0 Å². The Bertz CT molecular complexity index is 1060. The van der Waals surface area contributed by atoms with Crippen LogP contribution in [0.15, 0.2) is 54.6 Å². The summed E-state index contributed by atoms with van der Waals surface area (Å²) in [6, 6.07) is 12.0. The number of piperidine rings is 1. The Morgan fingerprint density at radius 3 is 2.44 bits per heavy atom. The first kappa shape index (κ1) is 23.8. The Morgan fingerprint density at radius 2 is 1.82 bits per heavy atom. The molecule has 0 aromatic heterocycles. The second-order valence-electron chi connectivity index (χ2n) is 8.68. The van der Waals surface area contributed by atoms with Gasteiger partial charge in [-0.3, -0.25) is 19.7 Å². The fraction of sp³-hybridized carbons (Fsp3) is 0.360. The minimum Gasteiger partial charge on any atom is -0.489 e. The van der Waals surface area contributed by atoms with Crippen LogP contribution in [-0.2, 0) is 9.59 Å². The minimum atomic E-state index is -0.904. The second kappa shape index (κ2) is 10.3. The van der Waals surface area contributed by atoms with Crippen molar-refractivity contribution in [1.82, 2.24) is 15.3 Å². The molecule has 0 bridgehead atoms. The zero-order chi connectivity index (χ0) is 24.2. The number of hydroxylamine groups is 1. The average Bonchev–Trinajstić information content (AvgIpc) is 2.83. The van der Waals surface area contributed by atoms with Gasteiger partial charge in [0.2, 0.25) is 11.8 Å². The van der Waals surface area contributed by atoms with Crippen LogP contribution in [0.3, 0.4) is 0 Å². The molecule has 0 saturated carbocycles. The van der Waals surface area contributed by atoms with Crippen molar-refractivity contribution in [3.05, 3.63) is 71.8 Å². The highest BCUT2D eigenvalue weighted by Gasteiger charge is 2.45. The van der Waals surface area contributed by atoms with E-state index in [1.54, 1.807) is 22.3 Å². The van der Waals surface area contributed by atoms with Gasteiger partial charge in [-0.25, -0.2) is 14.3 Å². The molecule has 1 saturated heterocycles. The molecule has 4 rings (SSSR count). The molecule has 3 atom stereocenters. The quantitative estimate of drug-likeness (QED) is 0.518. The van der Waals surface area contributed by atoms with Gasteiger partial charge in [0, 0.05) is 37.8 Å². The molecule has 2 aliphatic heterocycles. The van der Waals surface area contributed by atoms with Crippen molar-refractivity contribution in [2.75, 3.05) is 26.7 Å². The summed E-state index contributed by atoms with van der Waals surface area (Å²) < 4.78 is 32.8. The number of amides is 2. The molecule has 2 aliphatic rings. The number of nitrogens with one attached hydrogen (secondary N) is 1. The van der Waals surface area contributed by atoms with Crippen LogP contribution in [0.1, 0.15) is 18.4 Å². The van der Waals surface area contributed by atoms with Crippen molar-refractivity contribution in [3.63, 3.8) is 0 Å². The molecule has 0 aliphatic carbocycles. The number of carbonyl (C=O) groups excluding carboxylic acids is 2. The van der Waals surface area contributed by atoms with Crippen molar-refractivity contribution >= 4 is 17.4 Å². The van der Waals surface area contributed by atoms with Crippen LogP contribution in [0.2, 0.25) is 0 Å². The molecule has 180 valence electrons. The summed E-state index contributed by atoms with van der Waals surface area (Å²) in [5.41, 5.74) is 3.94. The smallest absolute Gasteiger partial charge is 0.248 e. The Balaban J connectivity index is 1.48. The molecule has 2 heterocycles. The van der Waals surface area contributed by atoms with Crippen molar-refractivity contribution in [2.24, 2.45) is 5.92 Å². The zero-order valence-electron chi connectivity index (χ0n) is 18.8. The van der Waals surface area contributed by atoms with Crippen molar-refractivity contribution in [3.8, 4) is 5.75 Å². The number of carbonyl (C=O) groups is 2. The van der Waals surface area contributed by atoms with Crippen LogP contribution in [0, 0.1) is 17.6 Å². The number of halogens is 2. The van der Waals surface area contributed by atoms with Gasteiger partial charge >= 0.3 is 0 Å². The summed E-state index contributed by atoms with van der Waals surface area (Å²) in [5, 5.41) is 9.30. The highest BCUT2D eigenvalue weighted by atomic mass is 19.1. The van der Waals surface area contributed by atoms with Crippen LogP contribution >= 0.6 is 0 Å². The Hall–Kier alpha value is -3.30. The lowest BCUT2D eigenvalue weighted by Gasteiger charge is -2.43. The molecular weight excluding hydrogens is 444 g/mol. The fourth-order valence-corrected chi connectivity index (χ4v) is 4.77. The lowest BCUT2D eigenvalue weighted by atomic mass is 9.86. The van der Waals surface area contributed by atoms with Crippen molar-refractivity contribution in [1.29, 1.82) is 0 Å². The van der Waals surface area contributed by atoms with Crippen LogP contribution in [0.25, 0.3) is 5.57 Å². The van der Waals surface area contributed by atoms with Gasteiger partial charge in [0.25, 0.3) is 0 Å². The van der Waals surface area contributed by atoms with Gasteiger partial charge in [0.1, 0.15) is 29.5 Å². The summed E-state index contributed by atoms with van der Waals surface area (Å²) in [6.45, 7) is 1.20. The normalized spacial score (nSPS) is 23.2. The van der Waals surface area contributed by atoms with Crippen molar-refractivity contribution < 1.29 is 28.3 Å². The van der Waals surface area contributed by atoms with Crippen LogP contribution in [0.4, 0.5) is 8.78 Å². The second-order valence-corrected chi connectivity index (χ2v) is 8.68. The predicted octanol–water partition coefficient (Wildman–Crippen LogP) is 2.85. The largest absolute Gasteiger partial charge is 0.489 e. The maximum Gasteiger partial charge on any atom is 0.248 e. The van der Waals surface area contributed by atoms with E-state index in [4.69, 9.17) is 4.74 Å². The molecule has 7 nitrogen and oxygen atoms in total. The number of hydrogen-bond acceptors (Lipinski definition) is 5. The summed E-state index contributed by atoms with van der Waals surface area (Å²) in [5.74, 6) is -3.37. The lowest BCUT2D eigenvalue weighted by molar-refractivity contribution is -0.151. The Kier molecular flexibility index (Phi) is 7.23. The maximum absolute atomic E-state index is 13.5. The number of nitrogens with zero attached hydrogens (tertiary/aromatic N) is 2. The molecule has 0 radical (unpaired) electrons. The standard InChI is InChI=1S/C25H27F2N3O4/c1-29-15-21(34-20-12-18(26)11-19(27)13-20)14-22(24(31)28-33)23(29)25(32)30-9-7-17(8-10-30)16-5-3-2-4-6-16/h2-7,11-13,21-23,33H,8-10,14-15H2,1H3,(H,28,31)/t21-,22-,23-/m0/s1. The molecule has 2 aromatic carbocycles. The van der Waals surface area contributed by atoms with E-state index in [1.807, 2.05) is 36.4 Å². The first-order valence-corrected chi connectivity index (χ1v) is 11.2. The third kappa shape index (κ3) is 5.26. The Labute approximate surface area is 196 Å². The van der Waals surface area contributed by atoms with E-state index in [0.29, 0.717) is 19.5 Å². The first-order chi connectivity index (χ1) is 16.4. The molecule has 2 aromatic rings. The SMILES string of the molecule is CN1C[C@@H](Oc2cc(F)cc(F)c2)C[C@H](C(=O)NO)[C@H]1C(=O)N1CC=C(c2ccccc2)CC1. The molecule has 0 unspecified atom stereocenters. The molecular formula is C25H27F2N3O4. The van der Waals surface area contributed by atoms with Gasteiger partial charge in [-0.2, -0.15) is 0 Å². The van der Waals surface area contributed by atoms with Gasteiger partial charge in [0.05, 0.1) is 5.92 Å². The van der Waals surface area contributed by atoms with Gasteiger partial charge in [-0.15, -0.1) is 0 Å².